The molecule has 0 radical (unpaired) electrons. The first kappa shape index (κ1) is 28.4. The van der Waals surface area contributed by atoms with E-state index in [1.807, 2.05) is 0 Å². The monoisotopic (exact) mass is 565 g/mol. The highest BCUT2D eigenvalue weighted by Gasteiger charge is 2.44. The minimum absolute atomic E-state index is 0.0795. The third-order valence-electron chi connectivity index (χ3n) is 5.38. The van der Waals surface area contributed by atoms with Crippen LogP contribution >= 0.6 is 0 Å². The summed E-state index contributed by atoms with van der Waals surface area (Å²) >= 11 is 0. The Hall–Kier alpha value is -3.20. The number of sulfone groups is 1. The molecule has 2 heterocycles. The van der Waals surface area contributed by atoms with E-state index in [4.69, 9.17) is 4.42 Å². The molecule has 202 valence electrons. The zero-order chi connectivity index (χ0) is 27.6. The Bertz CT molecular complexity index is 1520. The number of nitrogens with zero attached hydrogens (tertiary/aromatic N) is 1. The standard InChI is InChI=1S/C22H23F4N3O6S2/c1-3-13-12-16-17(20(30)27-2)18(14-6-8-15(23)9-7-14)35-21(16)28-19(13)29-37(33,34)11-5-4-10-36(31,32)22(24,25)26/h6-9,12H,3-5,10-11H2,1-2H3,(H,27,30)(H,28,29). The molecule has 37 heavy (non-hydrogen) atoms. The molecule has 15 heteroatoms. The second-order valence-electron chi connectivity index (χ2n) is 7.99. The molecule has 0 aliphatic heterocycles. The van der Waals surface area contributed by atoms with E-state index in [1.165, 1.54) is 37.4 Å². The number of anilines is 1. The van der Waals surface area contributed by atoms with Crippen LogP contribution in [0.15, 0.2) is 34.7 Å². The molecule has 0 spiro atoms. The van der Waals surface area contributed by atoms with Crippen LogP contribution in [0, 0.1) is 5.82 Å². The van der Waals surface area contributed by atoms with E-state index < -0.39 is 55.0 Å². The highest BCUT2D eigenvalue weighted by Crippen LogP contribution is 2.35. The van der Waals surface area contributed by atoms with Crippen molar-refractivity contribution >= 4 is 42.7 Å². The van der Waals surface area contributed by atoms with Crippen LogP contribution in [0.2, 0.25) is 0 Å². The summed E-state index contributed by atoms with van der Waals surface area (Å²) in [4.78, 5) is 16.9. The van der Waals surface area contributed by atoms with E-state index in [2.05, 4.69) is 15.0 Å². The van der Waals surface area contributed by atoms with Crippen molar-refractivity contribution in [3.63, 3.8) is 0 Å². The van der Waals surface area contributed by atoms with Crippen LogP contribution in [0.1, 0.15) is 35.7 Å². The van der Waals surface area contributed by atoms with Crippen LogP contribution < -0.4 is 10.0 Å². The zero-order valence-corrected chi connectivity index (χ0v) is 21.3. The van der Waals surface area contributed by atoms with Crippen molar-refractivity contribution in [2.45, 2.75) is 31.7 Å². The van der Waals surface area contributed by atoms with E-state index >= 15 is 0 Å². The Morgan fingerprint density at radius 1 is 1.05 bits per heavy atom. The molecular formula is C22H23F4N3O6S2. The molecule has 2 aromatic heterocycles. The maximum absolute atomic E-state index is 13.4. The van der Waals surface area contributed by atoms with E-state index in [9.17, 15) is 39.2 Å². The van der Waals surface area contributed by atoms with Gasteiger partial charge in [0.25, 0.3) is 5.91 Å². The number of sulfonamides is 1. The van der Waals surface area contributed by atoms with Crippen LogP contribution in [0.25, 0.3) is 22.4 Å². The molecule has 3 aromatic rings. The number of hydrogen-bond acceptors (Lipinski definition) is 7. The van der Waals surface area contributed by atoms with Gasteiger partial charge in [-0.15, -0.1) is 0 Å². The van der Waals surface area contributed by atoms with Crippen LogP contribution in [0.4, 0.5) is 23.4 Å². The first-order chi connectivity index (χ1) is 17.2. The fraction of sp³-hybridized carbons (Fsp3) is 0.364. The van der Waals surface area contributed by atoms with E-state index in [0.717, 1.165) is 0 Å². The Labute approximate surface area is 210 Å². The predicted octanol–water partition coefficient (Wildman–Crippen LogP) is 4.01. The first-order valence-corrected chi connectivity index (χ1v) is 14.2. The molecule has 1 aromatic carbocycles. The molecule has 0 aliphatic rings. The highest BCUT2D eigenvalue weighted by molar-refractivity contribution is 7.92. The number of aromatic nitrogens is 1. The van der Waals surface area contributed by atoms with Gasteiger partial charge in [0.05, 0.1) is 22.5 Å². The van der Waals surface area contributed by atoms with Gasteiger partial charge >= 0.3 is 5.51 Å². The summed E-state index contributed by atoms with van der Waals surface area (Å²) in [5, 5.41) is 2.78. The minimum atomic E-state index is -5.40. The number of aryl methyl sites for hydroxylation is 1. The first-order valence-electron chi connectivity index (χ1n) is 10.9. The van der Waals surface area contributed by atoms with Gasteiger partial charge in [-0.25, -0.2) is 21.2 Å². The number of halogens is 4. The zero-order valence-electron chi connectivity index (χ0n) is 19.6. The Balaban J connectivity index is 1.91. The van der Waals surface area contributed by atoms with E-state index in [0.29, 0.717) is 11.1 Å². The molecule has 0 aliphatic carbocycles. The van der Waals surface area contributed by atoms with E-state index in [-0.39, 0.29) is 41.1 Å². The van der Waals surface area contributed by atoms with Crippen molar-refractivity contribution in [2.24, 2.45) is 0 Å². The second-order valence-corrected chi connectivity index (χ2v) is 11.9. The number of nitrogens with one attached hydrogen (secondary N) is 2. The average molecular weight is 566 g/mol. The van der Waals surface area contributed by atoms with Crippen molar-refractivity contribution in [3.8, 4) is 11.3 Å². The number of furan rings is 1. The molecular weight excluding hydrogens is 542 g/mol. The van der Waals surface area contributed by atoms with Gasteiger partial charge < -0.3 is 9.73 Å². The van der Waals surface area contributed by atoms with E-state index in [1.54, 1.807) is 6.92 Å². The highest BCUT2D eigenvalue weighted by atomic mass is 32.2. The molecule has 2 N–H and O–H groups in total. The molecule has 0 unspecified atom stereocenters. The quantitative estimate of drug-likeness (QED) is 0.280. The maximum atomic E-state index is 13.4. The number of hydrogen-bond donors (Lipinski definition) is 2. The summed E-state index contributed by atoms with van der Waals surface area (Å²) in [6, 6.07) is 6.70. The lowest BCUT2D eigenvalue weighted by Crippen LogP contribution is -2.26. The summed E-state index contributed by atoms with van der Waals surface area (Å²) in [6.45, 7) is 1.71. The van der Waals surface area contributed by atoms with Gasteiger partial charge in [0.2, 0.25) is 25.6 Å². The van der Waals surface area contributed by atoms with Crippen molar-refractivity contribution in [3.05, 3.63) is 47.3 Å². The van der Waals surface area contributed by atoms with Crippen molar-refractivity contribution in [2.75, 3.05) is 23.3 Å². The molecule has 0 fully saturated rings. The van der Waals surface area contributed by atoms with Crippen LogP contribution in [-0.2, 0) is 26.3 Å². The van der Waals surface area contributed by atoms with Crippen molar-refractivity contribution < 1.29 is 43.6 Å². The minimum Gasteiger partial charge on any atom is -0.437 e. The lowest BCUT2D eigenvalue weighted by Gasteiger charge is -2.11. The molecule has 3 rings (SSSR count). The number of benzene rings is 1. The Kier molecular flexibility index (Phi) is 8.17. The summed E-state index contributed by atoms with van der Waals surface area (Å²) in [5.74, 6) is -2.90. The van der Waals surface area contributed by atoms with Gasteiger partial charge in [-0.1, -0.05) is 6.92 Å². The van der Waals surface area contributed by atoms with Gasteiger partial charge in [0.1, 0.15) is 17.4 Å². The Morgan fingerprint density at radius 2 is 1.68 bits per heavy atom. The number of fused-ring (bicyclic) bond motifs is 1. The molecule has 9 nitrogen and oxygen atoms in total. The molecule has 0 bridgehead atoms. The number of carbonyl (C=O) groups excluding carboxylic acids is 1. The summed E-state index contributed by atoms with van der Waals surface area (Å²) in [5.41, 5.74) is -4.59. The molecule has 0 atom stereocenters. The number of rotatable bonds is 10. The van der Waals surface area contributed by atoms with Gasteiger partial charge in [0, 0.05) is 12.6 Å². The summed E-state index contributed by atoms with van der Waals surface area (Å²) < 4.78 is 106. The Morgan fingerprint density at radius 3 is 2.24 bits per heavy atom. The van der Waals surface area contributed by atoms with Crippen LogP contribution in [0.5, 0.6) is 0 Å². The fourth-order valence-corrected chi connectivity index (χ4v) is 5.45. The maximum Gasteiger partial charge on any atom is 0.497 e. The predicted molar refractivity (Wildman–Crippen MR) is 129 cm³/mol. The summed E-state index contributed by atoms with van der Waals surface area (Å²) in [6.07, 6.45) is -0.565. The number of carbonyl (C=O) groups is 1. The van der Waals surface area contributed by atoms with Gasteiger partial charge in [-0.2, -0.15) is 18.2 Å². The largest absolute Gasteiger partial charge is 0.497 e. The lowest BCUT2D eigenvalue weighted by atomic mass is 10.0. The number of unbranched alkanes of at least 4 members (excludes halogenated alkanes) is 1. The molecule has 1 amide bonds. The summed E-state index contributed by atoms with van der Waals surface area (Å²) in [7, 11) is -8.05. The number of amides is 1. The average Bonchev–Trinajstić information content (AvgIpc) is 3.18. The molecule has 0 saturated carbocycles. The SMILES string of the molecule is CCc1cc2c(C(=O)NC)c(-c3ccc(F)cc3)oc2nc1NS(=O)(=O)CCCCS(=O)(=O)C(F)(F)F. The normalized spacial score (nSPS) is 12.6. The smallest absolute Gasteiger partial charge is 0.437 e. The van der Waals surface area contributed by atoms with Crippen LogP contribution in [-0.4, -0.2) is 51.8 Å². The molecule has 0 saturated heterocycles. The third-order valence-corrected chi connectivity index (χ3v) is 8.25. The van der Waals surface area contributed by atoms with Crippen molar-refractivity contribution in [1.82, 2.24) is 10.3 Å². The lowest BCUT2D eigenvalue weighted by molar-refractivity contribution is -0.0435. The van der Waals surface area contributed by atoms with Crippen molar-refractivity contribution in [1.29, 1.82) is 0 Å². The topological polar surface area (TPSA) is 135 Å². The van der Waals surface area contributed by atoms with Gasteiger partial charge in [-0.05, 0) is 55.2 Å². The van der Waals surface area contributed by atoms with Gasteiger partial charge in [0.15, 0.2) is 0 Å². The van der Waals surface area contributed by atoms with Crippen LogP contribution in [0.3, 0.4) is 0 Å². The fourth-order valence-electron chi connectivity index (χ4n) is 3.48. The number of alkyl halides is 3. The third kappa shape index (κ3) is 6.39. The van der Waals surface area contributed by atoms with Gasteiger partial charge in [-0.3, -0.25) is 9.52 Å². The number of pyridine rings is 1. The second kappa shape index (κ2) is 10.7.